The van der Waals surface area contributed by atoms with Gasteiger partial charge < -0.3 is 10.5 Å². The highest BCUT2D eigenvalue weighted by atomic mass is 19.1. The fourth-order valence-electron chi connectivity index (χ4n) is 3.89. The molecule has 7 heteroatoms. The Morgan fingerprint density at radius 1 is 1.27 bits per heavy atom. The Bertz CT molecular complexity index is 820. The largest absolute Gasteiger partial charge is 0.373 e. The number of aromatic nitrogens is 2. The Morgan fingerprint density at radius 3 is 2.58 bits per heavy atom. The van der Waals surface area contributed by atoms with E-state index in [1.54, 1.807) is 0 Å². The molecule has 3 aliphatic rings. The van der Waals surface area contributed by atoms with Crippen LogP contribution in [0.15, 0.2) is 18.3 Å². The fourth-order valence-corrected chi connectivity index (χ4v) is 3.89. The number of halogens is 1. The summed E-state index contributed by atoms with van der Waals surface area (Å²) in [5.41, 5.74) is 8.98. The van der Waals surface area contributed by atoms with Gasteiger partial charge in [-0.05, 0) is 57.6 Å². The molecule has 2 saturated heterocycles. The van der Waals surface area contributed by atoms with Crippen molar-refractivity contribution < 1.29 is 18.7 Å². The van der Waals surface area contributed by atoms with Crippen LogP contribution < -0.4 is 5.73 Å². The highest BCUT2D eigenvalue weighted by Gasteiger charge is 2.47. The maximum atomic E-state index is 14.3. The predicted octanol–water partition coefficient (Wildman–Crippen LogP) is 2.47. The van der Waals surface area contributed by atoms with Gasteiger partial charge in [-0.2, -0.15) is 9.59 Å². The van der Waals surface area contributed by atoms with Crippen molar-refractivity contribution in [2.24, 2.45) is 5.73 Å². The highest BCUT2D eigenvalue weighted by Crippen LogP contribution is 2.44. The van der Waals surface area contributed by atoms with Crippen molar-refractivity contribution >= 4 is 17.2 Å². The normalized spacial score (nSPS) is 26.9. The molecule has 2 aromatic rings. The van der Waals surface area contributed by atoms with Gasteiger partial charge in [0.2, 0.25) is 0 Å². The summed E-state index contributed by atoms with van der Waals surface area (Å²) in [7, 11) is 0. The second kappa shape index (κ2) is 7.19. The lowest BCUT2D eigenvalue weighted by Crippen LogP contribution is -2.59. The zero-order chi connectivity index (χ0) is 18.8. The highest BCUT2D eigenvalue weighted by molar-refractivity contribution is 5.77. The number of hydrogen-bond acceptors (Lipinski definition) is 6. The van der Waals surface area contributed by atoms with Gasteiger partial charge >= 0.3 is 6.15 Å². The van der Waals surface area contributed by atoms with Crippen LogP contribution in [0.1, 0.15) is 43.4 Å². The van der Waals surface area contributed by atoms with E-state index >= 15 is 0 Å². The molecule has 1 saturated carbocycles. The zero-order valence-corrected chi connectivity index (χ0v) is 14.8. The first-order valence-electron chi connectivity index (χ1n) is 8.73. The minimum atomic E-state index is -0.271. The molecule has 2 aliphatic heterocycles. The maximum absolute atomic E-state index is 14.3. The van der Waals surface area contributed by atoms with Crippen LogP contribution in [0.2, 0.25) is 0 Å². The molecule has 0 radical (unpaired) electrons. The van der Waals surface area contributed by atoms with Gasteiger partial charge in [0.1, 0.15) is 5.82 Å². The molecule has 3 fully saturated rings. The van der Waals surface area contributed by atoms with Gasteiger partial charge in [-0.3, -0.25) is 9.97 Å². The molecule has 0 amide bonds. The van der Waals surface area contributed by atoms with E-state index in [9.17, 15) is 4.39 Å². The minimum absolute atomic E-state index is 0.130. The van der Waals surface area contributed by atoms with E-state index < -0.39 is 0 Å². The molecule has 138 valence electrons. The molecule has 0 atom stereocenters. The number of fused-ring (bicyclic) bond motifs is 4. The Balaban J connectivity index is 0.000000613. The fraction of sp³-hybridized carbons (Fsp3) is 0.526. The van der Waals surface area contributed by atoms with E-state index in [0.717, 1.165) is 43.3 Å². The van der Waals surface area contributed by atoms with E-state index in [0.29, 0.717) is 24.1 Å². The van der Waals surface area contributed by atoms with Gasteiger partial charge in [-0.15, -0.1) is 0 Å². The first-order valence-corrected chi connectivity index (χ1v) is 8.73. The molecule has 2 bridgehead atoms. The van der Waals surface area contributed by atoms with E-state index in [4.69, 9.17) is 20.1 Å². The number of nitrogens with two attached hydrogens (primary N) is 1. The third-order valence-corrected chi connectivity index (χ3v) is 5.56. The molecule has 5 rings (SSSR count). The van der Waals surface area contributed by atoms with Crippen LogP contribution in [0, 0.1) is 12.7 Å². The number of pyridine rings is 2. The van der Waals surface area contributed by atoms with Crippen molar-refractivity contribution in [3.8, 4) is 0 Å². The summed E-state index contributed by atoms with van der Waals surface area (Å²) in [6.45, 7) is 2.54. The third-order valence-electron chi connectivity index (χ3n) is 5.56. The van der Waals surface area contributed by atoms with E-state index in [1.165, 1.54) is 6.20 Å². The third kappa shape index (κ3) is 3.65. The van der Waals surface area contributed by atoms with Gasteiger partial charge in [-0.1, -0.05) is 0 Å². The number of ether oxygens (including phenoxy) is 1. The lowest BCUT2D eigenvalue weighted by atomic mass is 9.70. The van der Waals surface area contributed by atoms with Crippen LogP contribution in [0.25, 0.3) is 11.0 Å². The molecule has 0 spiro atoms. The van der Waals surface area contributed by atoms with Crippen molar-refractivity contribution in [3.05, 3.63) is 35.4 Å². The van der Waals surface area contributed by atoms with Gasteiger partial charge in [-0.25, -0.2) is 4.39 Å². The lowest BCUT2D eigenvalue weighted by Gasteiger charge is -2.51. The topological polar surface area (TPSA) is 95.2 Å². The van der Waals surface area contributed by atoms with Gasteiger partial charge in [0.25, 0.3) is 0 Å². The molecule has 6 nitrogen and oxygen atoms in total. The standard InChI is InChI=1S/C18H22FN3O.CO2/c1-12-2-3-15-16(22-12)13(14(19)10-21-15)4-5-18-8-6-17(20,7-9-18)11-23-18;2-1-3/h2-3,10H,4-9,11,20H2,1H3;. The zero-order valence-electron chi connectivity index (χ0n) is 14.8. The van der Waals surface area contributed by atoms with E-state index in [2.05, 4.69) is 9.97 Å². The van der Waals surface area contributed by atoms with Crippen LogP contribution in [0.5, 0.6) is 0 Å². The van der Waals surface area contributed by atoms with Gasteiger partial charge in [0, 0.05) is 16.8 Å². The molecule has 4 heterocycles. The second-order valence-corrected chi connectivity index (χ2v) is 7.32. The monoisotopic (exact) mass is 359 g/mol. The molecule has 2 aromatic heterocycles. The number of carbonyl (C=O) groups excluding carboxylic acids is 2. The summed E-state index contributed by atoms with van der Waals surface area (Å²) >= 11 is 0. The molecule has 26 heavy (non-hydrogen) atoms. The molecule has 1 aliphatic carbocycles. The summed E-state index contributed by atoms with van der Waals surface area (Å²) in [5.74, 6) is -0.271. The summed E-state index contributed by atoms with van der Waals surface area (Å²) in [6.07, 6.45) is 6.95. The van der Waals surface area contributed by atoms with Crippen molar-refractivity contribution in [3.63, 3.8) is 0 Å². The molecule has 0 unspecified atom stereocenters. The molecular weight excluding hydrogens is 337 g/mol. The first-order chi connectivity index (χ1) is 12.4. The number of rotatable bonds is 3. The first kappa shape index (κ1) is 18.6. The van der Waals surface area contributed by atoms with Crippen molar-refractivity contribution in [2.75, 3.05) is 6.61 Å². The second-order valence-electron chi connectivity index (χ2n) is 7.32. The summed E-state index contributed by atoms with van der Waals surface area (Å²) in [6, 6.07) is 3.81. The molecule has 0 aromatic carbocycles. The Morgan fingerprint density at radius 2 is 1.96 bits per heavy atom. The smallest absolute Gasteiger partial charge is 0.373 e. The molecule has 2 N–H and O–H groups in total. The van der Waals surface area contributed by atoms with Gasteiger partial charge in [0.05, 0.1) is 29.4 Å². The predicted molar refractivity (Wildman–Crippen MR) is 91.6 cm³/mol. The Labute approximate surface area is 151 Å². The number of nitrogens with zero attached hydrogens (tertiary/aromatic N) is 2. The van der Waals surface area contributed by atoms with Crippen molar-refractivity contribution in [1.29, 1.82) is 0 Å². The Kier molecular flexibility index (Phi) is 5.14. The SMILES string of the molecule is Cc1ccc2ncc(F)c(CCC34CCC(N)(CC3)CO4)c2n1.O=C=O. The quantitative estimate of drug-likeness (QED) is 0.904. The number of aryl methyl sites for hydroxylation is 2. The average Bonchev–Trinajstić information content (AvgIpc) is 2.63. The van der Waals surface area contributed by atoms with Crippen LogP contribution in [0.4, 0.5) is 4.39 Å². The van der Waals surface area contributed by atoms with Crippen LogP contribution in [0.3, 0.4) is 0 Å². The van der Waals surface area contributed by atoms with E-state index in [1.807, 2.05) is 19.1 Å². The van der Waals surface area contributed by atoms with Gasteiger partial charge in [0.15, 0.2) is 0 Å². The van der Waals surface area contributed by atoms with Crippen LogP contribution in [-0.4, -0.2) is 33.9 Å². The minimum Gasteiger partial charge on any atom is -0.373 e. The lowest BCUT2D eigenvalue weighted by molar-refractivity contribution is -0.191. The number of hydrogen-bond donors (Lipinski definition) is 1. The average molecular weight is 359 g/mol. The van der Waals surface area contributed by atoms with Crippen molar-refractivity contribution in [1.82, 2.24) is 9.97 Å². The maximum Gasteiger partial charge on any atom is 0.373 e. The summed E-state index contributed by atoms with van der Waals surface area (Å²) < 4.78 is 20.4. The van der Waals surface area contributed by atoms with Crippen LogP contribution >= 0.6 is 0 Å². The Hall–Kier alpha value is -2.21. The summed E-state index contributed by atoms with van der Waals surface area (Å²) in [4.78, 5) is 24.9. The summed E-state index contributed by atoms with van der Waals surface area (Å²) in [5, 5.41) is 0. The van der Waals surface area contributed by atoms with Crippen LogP contribution in [-0.2, 0) is 20.7 Å². The van der Waals surface area contributed by atoms with Crippen molar-refractivity contribution in [2.45, 2.75) is 56.6 Å². The van der Waals surface area contributed by atoms with E-state index in [-0.39, 0.29) is 23.1 Å². The molecular formula is C19H22FN3O3.